The highest BCUT2D eigenvalue weighted by Gasteiger charge is 2.12. The summed E-state index contributed by atoms with van der Waals surface area (Å²) < 4.78 is 5.72. The van der Waals surface area contributed by atoms with E-state index in [1.807, 2.05) is 18.2 Å². The second-order valence-electron chi connectivity index (χ2n) is 4.97. The van der Waals surface area contributed by atoms with Crippen LogP contribution in [0.2, 0.25) is 5.02 Å². The molecule has 1 amide bonds. The number of hydrogen-bond acceptors (Lipinski definition) is 3. The molecule has 0 saturated carbocycles. The van der Waals surface area contributed by atoms with Crippen LogP contribution >= 0.6 is 11.6 Å². The highest BCUT2D eigenvalue weighted by Crippen LogP contribution is 2.20. The zero-order chi connectivity index (χ0) is 15.9. The maximum atomic E-state index is 12.1. The third-order valence-corrected chi connectivity index (χ3v) is 3.25. The van der Waals surface area contributed by atoms with Crippen molar-refractivity contribution in [2.24, 2.45) is 0 Å². The number of nitrogens with one attached hydrogen (secondary N) is 1. The first-order valence-electron chi connectivity index (χ1n) is 6.99. The van der Waals surface area contributed by atoms with E-state index in [0.717, 1.165) is 5.56 Å². The zero-order valence-corrected chi connectivity index (χ0v) is 13.0. The minimum atomic E-state index is -0.592. The Bertz CT molecular complexity index is 626. The molecule has 0 spiro atoms. The molecule has 1 atom stereocenters. The summed E-state index contributed by atoms with van der Waals surface area (Å²) >= 11 is 5.84. The lowest BCUT2D eigenvalue weighted by molar-refractivity contribution is 0.0919. The average molecular weight is 320 g/mol. The predicted molar refractivity (Wildman–Crippen MR) is 86.2 cm³/mol. The van der Waals surface area contributed by atoms with Gasteiger partial charge in [0.25, 0.3) is 5.91 Å². The van der Waals surface area contributed by atoms with Gasteiger partial charge in [-0.05, 0) is 36.8 Å². The Balaban J connectivity index is 2.04. The van der Waals surface area contributed by atoms with Gasteiger partial charge in [-0.15, -0.1) is 0 Å². The van der Waals surface area contributed by atoms with Gasteiger partial charge in [-0.1, -0.05) is 35.9 Å². The van der Waals surface area contributed by atoms with Crippen molar-refractivity contribution in [3.8, 4) is 5.75 Å². The average Bonchev–Trinajstić information content (AvgIpc) is 2.52. The van der Waals surface area contributed by atoms with E-state index in [9.17, 15) is 9.90 Å². The normalized spacial score (nSPS) is 11.8. The largest absolute Gasteiger partial charge is 0.488 e. The smallest absolute Gasteiger partial charge is 0.255 e. The Kier molecular flexibility index (Phi) is 5.81. The summed E-state index contributed by atoms with van der Waals surface area (Å²) in [4.78, 5) is 12.1. The monoisotopic (exact) mass is 319 g/mol. The number of hydrogen-bond donors (Lipinski definition) is 2. The lowest BCUT2D eigenvalue weighted by Gasteiger charge is -2.12. The summed E-state index contributed by atoms with van der Waals surface area (Å²) in [5.74, 6) is 0.230. The number of halogens is 1. The van der Waals surface area contributed by atoms with Crippen LogP contribution < -0.4 is 10.1 Å². The predicted octanol–water partition coefficient (Wildman–Crippen LogP) is 3.03. The first kappa shape index (κ1) is 16.3. The van der Waals surface area contributed by atoms with Gasteiger partial charge in [0.2, 0.25) is 0 Å². The van der Waals surface area contributed by atoms with E-state index in [1.165, 1.54) is 0 Å². The summed E-state index contributed by atoms with van der Waals surface area (Å²) in [6.07, 6.45) is -0.592. The van der Waals surface area contributed by atoms with Crippen LogP contribution in [-0.2, 0) is 6.61 Å². The first-order valence-corrected chi connectivity index (χ1v) is 7.36. The topological polar surface area (TPSA) is 58.6 Å². The number of carbonyl (C=O) groups is 1. The van der Waals surface area contributed by atoms with E-state index in [2.05, 4.69) is 5.32 Å². The van der Waals surface area contributed by atoms with Crippen molar-refractivity contribution in [3.63, 3.8) is 0 Å². The Hall–Kier alpha value is -2.04. The molecule has 2 aromatic rings. The van der Waals surface area contributed by atoms with Gasteiger partial charge in [0, 0.05) is 11.6 Å². The molecule has 1 unspecified atom stereocenters. The molecule has 0 radical (unpaired) electrons. The van der Waals surface area contributed by atoms with Gasteiger partial charge in [-0.2, -0.15) is 0 Å². The molecule has 0 saturated heterocycles. The van der Waals surface area contributed by atoms with E-state index < -0.39 is 6.10 Å². The highest BCUT2D eigenvalue weighted by atomic mass is 35.5. The molecule has 116 valence electrons. The molecule has 2 rings (SSSR count). The molecule has 0 aromatic heterocycles. The number of ether oxygens (including phenoxy) is 1. The Labute approximate surface area is 134 Å². The Morgan fingerprint density at radius 2 is 1.91 bits per heavy atom. The summed E-state index contributed by atoms with van der Waals surface area (Å²) in [6, 6.07) is 14.3. The van der Waals surface area contributed by atoms with Gasteiger partial charge in [-0.3, -0.25) is 4.79 Å². The van der Waals surface area contributed by atoms with Crippen LogP contribution in [0.25, 0.3) is 0 Å². The van der Waals surface area contributed by atoms with Crippen molar-refractivity contribution in [2.45, 2.75) is 19.6 Å². The van der Waals surface area contributed by atoms with Crippen LogP contribution in [0.15, 0.2) is 48.5 Å². The third kappa shape index (κ3) is 4.76. The quantitative estimate of drug-likeness (QED) is 0.860. The highest BCUT2D eigenvalue weighted by molar-refractivity contribution is 6.30. The second-order valence-corrected chi connectivity index (χ2v) is 5.41. The van der Waals surface area contributed by atoms with Gasteiger partial charge >= 0.3 is 0 Å². The molecule has 0 fully saturated rings. The molecule has 0 aliphatic rings. The lowest BCUT2D eigenvalue weighted by Crippen LogP contribution is -2.30. The maximum absolute atomic E-state index is 12.1. The second kappa shape index (κ2) is 7.82. The van der Waals surface area contributed by atoms with E-state index >= 15 is 0 Å². The fraction of sp³-hybridized carbons (Fsp3) is 0.235. The van der Waals surface area contributed by atoms with Crippen LogP contribution in [0, 0.1) is 0 Å². The van der Waals surface area contributed by atoms with Gasteiger partial charge in [0.05, 0.1) is 11.7 Å². The standard InChI is InChI=1S/C17H18ClNO3/c1-12(20)10-19-17(21)15-4-2-3-5-16(15)22-11-13-6-8-14(18)9-7-13/h2-9,12,20H,10-11H2,1H3,(H,19,21). The fourth-order valence-electron chi connectivity index (χ4n) is 1.86. The number of aliphatic hydroxyl groups excluding tert-OH is 1. The van der Waals surface area contributed by atoms with E-state index in [1.54, 1.807) is 37.3 Å². The molecule has 0 aliphatic carbocycles. The van der Waals surface area contributed by atoms with Gasteiger partial charge in [-0.25, -0.2) is 0 Å². The molecule has 0 bridgehead atoms. The molecule has 0 aliphatic heterocycles. The molecular weight excluding hydrogens is 302 g/mol. The van der Waals surface area contributed by atoms with Gasteiger partial charge in [0.1, 0.15) is 12.4 Å². The Morgan fingerprint density at radius 3 is 2.59 bits per heavy atom. The van der Waals surface area contributed by atoms with E-state index in [4.69, 9.17) is 16.3 Å². The summed E-state index contributed by atoms with van der Waals surface area (Å²) in [5, 5.41) is 12.6. The van der Waals surface area contributed by atoms with Gasteiger partial charge in [0.15, 0.2) is 0 Å². The van der Waals surface area contributed by atoms with Crippen molar-refractivity contribution in [1.29, 1.82) is 0 Å². The SMILES string of the molecule is CC(O)CNC(=O)c1ccccc1OCc1ccc(Cl)cc1. The molecule has 4 nitrogen and oxygen atoms in total. The van der Waals surface area contributed by atoms with Gasteiger partial charge < -0.3 is 15.2 Å². The number of rotatable bonds is 6. The Morgan fingerprint density at radius 1 is 1.23 bits per heavy atom. The molecule has 0 heterocycles. The number of aliphatic hydroxyl groups is 1. The first-order chi connectivity index (χ1) is 10.6. The number of para-hydroxylation sites is 1. The number of carbonyl (C=O) groups excluding carboxylic acids is 1. The third-order valence-electron chi connectivity index (χ3n) is 3.00. The van der Waals surface area contributed by atoms with Crippen LogP contribution in [-0.4, -0.2) is 23.7 Å². The van der Waals surface area contributed by atoms with Crippen molar-refractivity contribution >= 4 is 17.5 Å². The molecule has 2 aromatic carbocycles. The van der Waals surface area contributed by atoms with Crippen molar-refractivity contribution in [3.05, 3.63) is 64.7 Å². The molecule has 5 heteroatoms. The minimum Gasteiger partial charge on any atom is -0.488 e. The van der Waals surface area contributed by atoms with Crippen molar-refractivity contribution in [1.82, 2.24) is 5.32 Å². The fourth-order valence-corrected chi connectivity index (χ4v) is 1.98. The van der Waals surface area contributed by atoms with Crippen LogP contribution in [0.3, 0.4) is 0 Å². The summed E-state index contributed by atoms with van der Waals surface area (Å²) in [5.41, 5.74) is 1.40. The maximum Gasteiger partial charge on any atom is 0.255 e. The summed E-state index contributed by atoms with van der Waals surface area (Å²) in [6.45, 7) is 2.16. The van der Waals surface area contributed by atoms with E-state index in [0.29, 0.717) is 22.9 Å². The molecular formula is C17H18ClNO3. The molecule has 2 N–H and O–H groups in total. The van der Waals surface area contributed by atoms with Crippen molar-refractivity contribution in [2.75, 3.05) is 6.54 Å². The van der Waals surface area contributed by atoms with Crippen molar-refractivity contribution < 1.29 is 14.6 Å². The molecule has 22 heavy (non-hydrogen) atoms. The van der Waals surface area contributed by atoms with Crippen LogP contribution in [0.4, 0.5) is 0 Å². The van der Waals surface area contributed by atoms with Crippen LogP contribution in [0.1, 0.15) is 22.8 Å². The number of benzene rings is 2. The number of amides is 1. The van der Waals surface area contributed by atoms with Crippen LogP contribution in [0.5, 0.6) is 5.75 Å². The summed E-state index contributed by atoms with van der Waals surface area (Å²) in [7, 11) is 0. The van der Waals surface area contributed by atoms with E-state index in [-0.39, 0.29) is 12.5 Å². The zero-order valence-electron chi connectivity index (χ0n) is 12.3. The lowest BCUT2D eigenvalue weighted by atomic mass is 10.2. The minimum absolute atomic E-state index is 0.199.